The third kappa shape index (κ3) is 3.62. The van der Waals surface area contributed by atoms with Gasteiger partial charge in [0.05, 0.1) is 12.7 Å². The number of benzene rings is 3. The molecule has 0 bridgehead atoms. The van der Waals surface area contributed by atoms with Crippen LogP contribution in [-0.4, -0.2) is 17.9 Å². The molecule has 0 radical (unpaired) electrons. The van der Waals surface area contributed by atoms with E-state index in [9.17, 15) is 9.59 Å². The second-order valence-corrected chi connectivity index (χ2v) is 6.80. The highest BCUT2D eigenvalue weighted by molar-refractivity contribution is 6.19. The van der Waals surface area contributed by atoms with Crippen LogP contribution in [0.1, 0.15) is 21.5 Å². The van der Waals surface area contributed by atoms with Gasteiger partial charge in [0.1, 0.15) is 11.6 Å². The molecule has 0 saturated carbocycles. The van der Waals surface area contributed by atoms with E-state index in [0.29, 0.717) is 27.7 Å². The molecule has 0 aliphatic carbocycles. The SMILES string of the molecule is COc1ccc(Nc2[nH]c(=O)c3ccccc3c2C(=O)c2ccc(C)cc2)cc1. The van der Waals surface area contributed by atoms with Crippen LogP contribution >= 0.6 is 0 Å². The third-order valence-corrected chi connectivity index (χ3v) is 4.83. The monoisotopic (exact) mass is 384 g/mol. The molecule has 0 fully saturated rings. The number of rotatable bonds is 5. The molecule has 0 aliphatic rings. The predicted molar refractivity (Wildman–Crippen MR) is 115 cm³/mol. The summed E-state index contributed by atoms with van der Waals surface area (Å²) in [6.07, 6.45) is 0. The van der Waals surface area contributed by atoms with Crippen molar-refractivity contribution in [3.8, 4) is 5.75 Å². The van der Waals surface area contributed by atoms with Gasteiger partial charge in [-0.25, -0.2) is 0 Å². The van der Waals surface area contributed by atoms with Gasteiger partial charge in [0.2, 0.25) is 0 Å². The average molecular weight is 384 g/mol. The fourth-order valence-electron chi connectivity index (χ4n) is 3.27. The number of pyridine rings is 1. The van der Waals surface area contributed by atoms with Crippen LogP contribution in [0.15, 0.2) is 77.6 Å². The van der Waals surface area contributed by atoms with E-state index >= 15 is 0 Å². The number of fused-ring (bicyclic) bond motifs is 1. The molecule has 2 N–H and O–H groups in total. The van der Waals surface area contributed by atoms with Crippen molar-refractivity contribution >= 4 is 28.1 Å². The summed E-state index contributed by atoms with van der Waals surface area (Å²) in [7, 11) is 1.60. The van der Waals surface area contributed by atoms with Crippen LogP contribution in [0.3, 0.4) is 0 Å². The normalized spacial score (nSPS) is 10.7. The van der Waals surface area contributed by atoms with Crippen molar-refractivity contribution in [3.05, 3.63) is 99.8 Å². The standard InChI is InChI=1S/C24H20N2O3/c1-15-7-9-16(10-8-15)22(27)21-19-5-3-4-6-20(19)24(28)26-23(21)25-17-11-13-18(29-2)14-12-17/h3-14H,1-2H3,(H2,25,26,28). The van der Waals surface area contributed by atoms with E-state index in [4.69, 9.17) is 4.74 Å². The Labute approximate surface area is 168 Å². The number of ether oxygens (including phenoxy) is 1. The molecule has 0 saturated heterocycles. The second kappa shape index (κ2) is 7.64. The topological polar surface area (TPSA) is 71.2 Å². The van der Waals surface area contributed by atoms with Gasteiger partial charge in [0, 0.05) is 22.0 Å². The summed E-state index contributed by atoms with van der Waals surface area (Å²) < 4.78 is 5.19. The molecule has 4 aromatic rings. The Morgan fingerprint density at radius 3 is 2.21 bits per heavy atom. The lowest BCUT2D eigenvalue weighted by Crippen LogP contribution is -2.16. The van der Waals surface area contributed by atoms with Gasteiger partial charge < -0.3 is 15.0 Å². The molecule has 4 rings (SSSR count). The minimum absolute atomic E-state index is 0.159. The Bertz CT molecular complexity index is 1240. The van der Waals surface area contributed by atoms with E-state index in [1.807, 2.05) is 49.4 Å². The molecule has 0 aliphatic heterocycles. The zero-order chi connectivity index (χ0) is 20.4. The number of hydrogen-bond acceptors (Lipinski definition) is 4. The molecule has 144 valence electrons. The van der Waals surface area contributed by atoms with Crippen molar-refractivity contribution in [2.24, 2.45) is 0 Å². The Balaban J connectivity index is 1.88. The van der Waals surface area contributed by atoms with Crippen molar-refractivity contribution in [2.75, 3.05) is 12.4 Å². The zero-order valence-electron chi connectivity index (χ0n) is 16.2. The van der Waals surface area contributed by atoms with E-state index in [0.717, 1.165) is 17.0 Å². The maximum Gasteiger partial charge on any atom is 0.257 e. The lowest BCUT2D eigenvalue weighted by molar-refractivity contribution is 0.104. The summed E-state index contributed by atoms with van der Waals surface area (Å²) in [6, 6.07) is 21.8. The van der Waals surface area contributed by atoms with Gasteiger partial charge in [0.25, 0.3) is 5.56 Å². The van der Waals surface area contributed by atoms with Gasteiger partial charge in [-0.05, 0) is 37.3 Å². The highest BCUT2D eigenvalue weighted by Crippen LogP contribution is 2.28. The summed E-state index contributed by atoms with van der Waals surface area (Å²) in [4.78, 5) is 28.9. The minimum atomic E-state index is -0.253. The van der Waals surface area contributed by atoms with Crippen molar-refractivity contribution < 1.29 is 9.53 Å². The molecule has 0 amide bonds. The number of ketones is 1. The molecule has 5 heteroatoms. The largest absolute Gasteiger partial charge is 0.497 e. The molecule has 5 nitrogen and oxygen atoms in total. The number of anilines is 2. The number of carbonyl (C=O) groups is 1. The summed E-state index contributed by atoms with van der Waals surface area (Å²) in [5.41, 5.74) is 2.54. The maximum atomic E-state index is 13.4. The van der Waals surface area contributed by atoms with Crippen LogP contribution in [0.2, 0.25) is 0 Å². The Hall–Kier alpha value is -3.86. The predicted octanol–water partition coefficient (Wildman–Crippen LogP) is 4.82. The molecule has 1 aromatic heterocycles. The fourth-order valence-corrected chi connectivity index (χ4v) is 3.27. The average Bonchev–Trinajstić information content (AvgIpc) is 2.75. The smallest absolute Gasteiger partial charge is 0.257 e. The number of carbonyl (C=O) groups excluding carboxylic acids is 1. The number of nitrogens with one attached hydrogen (secondary N) is 2. The Morgan fingerprint density at radius 2 is 1.55 bits per heavy atom. The van der Waals surface area contributed by atoms with Crippen LogP contribution < -0.4 is 15.6 Å². The number of aromatic amines is 1. The molecule has 0 atom stereocenters. The first-order chi connectivity index (χ1) is 14.1. The Kier molecular flexibility index (Phi) is 4.87. The molecule has 3 aromatic carbocycles. The highest BCUT2D eigenvalue weighted by Gasteiger charge is 2.20. The lowest BCUT2D eigenvalue weighted by Gasteiger charge is -2.14. The van der Waals surface area contributed by atoms with Gasteiger partial charge in [-0.1, -0.05) is 48.0 Å². The van der Waals surface area contributed by atoms with Gasteiger partial charge in [-0.15, -0.1) is 0 Å². The first-order valence-corrected chi connectivity index (χ1v) is 9.24. The second-order valence-electron chi connectivity index (χ2n) is 6.80. The Morgan fingerprint density at radius 1 is 0.897 bits per heavy atom. The van der Waals surface area contributed by atoms with Gasteiger partial charge in [-0.2, -0.15) is 0 Å². The van der Waals surface area contributed by atoms with E-state index in [-0.39, 0.29) is 11.3 Å². The zero-order valence-corrected chi connectivity index (χ0v) is 16.2. The third-order valence-electron chi connectivity index (χ3n) is 4.83. The fraction of sp³-hybridized carbons (Fsp3) is 0.0833. The van der Waals surface area contributed by atoms with Crippen molar-refractivity contribution in [2.45, 2.75) is 6.92 Å². The van der Waals surface area contributed by atoms with Gasteiger partial charge >= 0.3 is 0 Å². The van der Waals surface area contributed by atoms with Gasteiger partial charge in [0.15, 0.2) is 5.78 Å². The molecule has 0 spiro atoms. The number of aryl methyl sites for hydroxylation is 1. The summed E-state index contributed by atoms with van der Waals surface area (Å²) in [6.45, 7) is 1.97. The molecule has 0 unspecified atom stereocenters. The molecular weight excluding hydrogens is 364 g/mol. The van der Waals surface area contributed by atoms with Crippen LogP contribution in [-0.2, 0) is 0 Å². The molecular formula is C24H20N2O3. The molecule has 29 heavy (non-hydrogen) atoms. The number of aromatic nitrogens is 1. The van der Waals surface area contributed by atoms with E-state index in [1.54, 1.807) is 37.4 Å². The first-order valence-electron chi connectivity index (χ1n) is 9.24. The highest BCUT2D eigenvalue weighted by atomic mass is 16.5. The van der Waals surface area contributed by atoms with Gasteiger partial charge in [-0.3, -0.25) is 9.59 Å². The number of hydrogen-bond donors (Lipinski definition) is 2. The summed E-state index contributed by atoms with van der Waals surface area (Å²) in [5.74, 6) is 0.927. The van der Waals surface area contributed by atoms with Crippen LogP contribution in [0.4, 0.5) is 11.5 Å². The summed E-state index contributed by atoms with van der Waals surface area (Å²) in [5, 5.41) is 4.27. The molecule has 1 heterocycles. The van der Waals surface area contributed by atoms with Crippen LogP contribution in [0.5, 0.6) is 5.75 Å². The number of methoxy groups -OCH3 is 1. The number of H-pyrrole nitrogens is 1. The summed E-state index contributed by atoms with van der Waals surface area (Å²) >= 11 is 0. The maximum absolute atomic E-state index is 13.4. The van der Waals surface area contributed by atoms with E-state index < -0.39 is 0 Å². The van der Waals surface area contributed by atoms with E-state index in [2.05, 4.69) is 10.3 Å². The van der Waals surface area contributed by atoms with Crippen molar-refractivity contribution in [3.63, 3.8) is 0 Å². The van der Waals surface area contributed by atoms with Crippen molar-refractivity contribution in [1.82, 2.24) is 4.98 Å². The quantitative estimate of drug-likeness (QED) is 0.484. The lowest BCUT2D eigenvalue weighted by atomic mass is 9.97. The minimum Gasteiger partial charge on any atom is -0.497 e. The van der Waals surface area contributed by atoms with E-state index in [1.165, 1.54) is 0 Å². The van der Waals surface area contributed by atoms with Crippen LogP contribution in [0.25, 0.3) is 10.8 Å². The van der Waals surface area contributed by atoms with Crippen LogP contribution in [0, 0.1) is 6.92 Å². The van der Waals surface area contributed by atoms with Crippen molar-refractivity contribution in [1.29, 1.82) is 0 Å². The first kappa shape index (κ1) is 18.5.